The normalized spacial score (nSPS) is 13.6. The van der Waals surface area contributed by atoms with Crippen LogP contribution in [0.3, 0.4) is 0 Å². The van der Waals surface area contributed by atoms with Crippen LogP contribution in [0.4, 0.5) is 9.18 Å². The zero-order valence-electron chi connectivity index (χ0n) is 15.8. The molecular weight excluding hydrogens is 341 g/mol. The molecule has 146 valence electrons. The third kappa shape index (κ3) is 8.80. The maximum atomic E-state index is 13.1. The van der Waals surface area contributed by atoms with Crippen molar-refractivity contribution in [2.45, 2.75) is 64.7 Å². The van der Waals surface area contributed by atoms with Crippen molar-refractivity contribution >= 4 is 12.1 Å². The third-order valence-electron chi connectivity index (χ3n) is 3.49. The molecule has 0 heterocycles. The highest BCUT2D eigenvalue weighted by Crippen LogP contribution is 2.13. The Morgan fingerprint density at radius 3 is 2.38 bits per heavy atom. The Morgan fingerprint density at radius 1 is 1.23 bits per heavy atom. The number of benzene rings is 1. The maximum absolute atomic E-state index is 13.1. The quantitative estimate of drug-likeness (QED) is 0.688. The smallest absolute Gasteiger partial charge is 0.407 e. The fourth-order valence-corrected chi connectivity index (χ4v) is 2.32. The third-order valence-corrected chi connectivity index (χ3v) is 3.49. The van der Waals surface area contributed by atoms with E-state index in [1.807, 2.05) is 0 Å². The van der Waals surface area contributed by atoms with Gasteiger partial charge >= 0.3 is 12.1 Å². The summed E-state index contributed by atoms with van der Waals surface area (Å²) in [6.07, 6.45) is -1.23. The molecule has 2 N–H and O–H groups in total. The molecule has 0 saturated carbocycles. The molecule has 0 aliphatic heterocycles. The summed E-state index contributed by atoms with van der Waals surface area (Å²) in [4.78, 5) is 23.6. The van der Waals surface area contributed by atoms with Crippen LogP contribution in [-0.2, 0) is 20.7 Å². The number of aliphatic hydroxyl groups is 1. The van der Waals surface area contributed by atoms with Crippen molar-refractivity contribution in [2.24, 2.45) is 0 Å². The van der Waals surface area contributed by atoms with E-state index in [1.54, 1.807) is 39.8 Å². The molecule has 0 aliphatic carbocycles. The van der Waals surface area contributed by atoms with E-state index in [0.717, 1.165) is 5.56 Å². The highest BCUT2D eigenvalue weighted by molar-refractivity contribution is 5.69. The first kappa shape index (κ1) is 21.9. The Bertz CT molecular complexity index is 583. The van der Waals surface area contributed by atoms with Gasteiger partial charge < -0.3 is 19.9 Å². The van der Waals surface area contributed by atoms with Crippen molar-refractivity contribution in [1.29, 1.82) is 0 Å². The van der Waals surface area contributed by atoms with Crippen LogP contribution in [0.2, 0.25) is 0 Å². The van der Waals surface area contributed by atoms with Crippen molar-refractivity contribution < 1.29 is 28.6 Å². The van der Waals surface area contributed by atoms with Gasteiger partial charge in [0.2, 0.25) is 0 Å². The van der Waals surface area contributed by atoms with E-state index in [4.69, 9.17) is 9.47 Å². The summed E-state index contributed by atoms with van der Waals surface area (Å²) < 4.78 is 23.1. The van der Waals surface area contributed by atoms with Gasteiger partial charge in [0, 0.05) is 6.42 Å². The Labute approximate surface area is 153 Å². The van der Waals surface area contributed by atoms with Gasteiger partial charge in [-0.05, 0) is 58.2 Å². The standard InChI is InChI=1S/C19H28FNO5/c1-5-25-17(23)11-10-16(22)15(21-18(24)26-19(2,3)4)12-13-6-8-14(20)9-7-13/h6-9,15-16,22H,5,10-12H2,1-4H3,(H,21,24)/t15-,16-/m0/s1. The highest BCUT2D eigenvalue weighted by atomic mass is 19.1. The van der Waals surface area contributed by atoms with Gasteiger partial charge in [-0.25, -0.2) is 9.18 Å². The van der Waals surface area contributed by atoms with Gasteiger partial charge in [-0.15, -0.1) is 0 Å². The molecule has 1 aromatic rings. The first-order valence-corrected chi connectivity index (χ1v) is 8.68. The number of rotatable bonds is 8. The minimum atomic E-state index is -0.989. The Balaban J connectivity index is 2.77. The predicted molar refractivity (Wildman–Crippen MR) is 95.1 cm³/mol. The molecule has 0 unspecified atom stereocenters. The van der Waals surface area contributed by atoms with E-state index in [9.17, 15) is 19.1 Å². The lowest BCUT2D eigenvalue weighted by Crippen LogP contribution is -2.46. The van der Waals surface area contributed by atoms with E-state index in [-0.39, 0.29) is 31.7 Å². The van der Waals surface area contributed by atoms with Gasteiger partial charge in [0.15, 0.2) is 0 Å². The average molecular weight is 369 g/mol. The molecule has 2 atom stereocenters. The van der Waals surface area contributed by atoms with Crippen molar-refractivity contribution in [3.05, 3.63) is 35.6 Å². The van der Waals surface area contributed by atoms with Gasteiger partial charge in [0.05, 0.1) is 18.8 Å². The molecular formula is C19H28FNO5. The Hall–Kier alpha value is -2.15. The lowest BCUT2D eigenvalue weighted by Gasteiger charge is -2.26. The fraction of sp³-hybridized carbons (Fsp3) is 0.579. The van der Waals surface area contributed by atoms with Gasteiger partial charge in [0.1, 0.15) is 11.4 Å². The van der Waals surface area contributed by atoms with E-state index in [2.05, 4.69) is 5.32 Å². The van der Waals surface area contributed by atoms with E-state index >= 15 is 0 Å². The first-order chi connectivity index (χ1) is 12.1. The molecule has 0 bridgehead atoms. The summed E-state index contributed by atoms with van der Waals surface area (Å²) in [5, 5.41) is 13.1. The van der Waals surface area contributed by atoms with Crippen LogP contribution in [-0.4, -0.2) is 41.5 Å². The molecule has 1 rings (SSSR count). The number of amides is 1. The lowest BCUT2D eigenvalue weighted by molar-refractivity contribution is -0.143. The van der Waals surface area contributed by atoms with Gasteiger partial charge in [0.25, 0.3) is 0 Å². The van der Waals surface area contributed by atoms with Crippen LogP contribution < -0.4 is 5.32 Å². The second-order valence-electron chi connectivity index (χ2n) is 6.99. The average Bonchev–Trinajstić information content (AvgIpc) is 2.52. The fourth-order valence-electron chi connectivity index (χ4n) is 2.32. The number of alkyl carbamates (subject to hydrolysis) is 1. The topological polar surface area (TPSA) is 84.9 Å². The molecule has 0 aliphatic rings. The molecule has 0 radical (unpaired) electrons. The van der Waals surface area contributed by atoms with Crippen molar-refractivity contribution in [1.82, 2.24) is 5.32 Å². The largest absolute Gasteiger partial charge is 0.466 e. The van der Waals surface area contributed by atoms with Crippen LogP contribution in [0.1, 0.15) is 46.1 Å². The molecule has 0 saturated heterocycles. The number of carbonyl (C=O) groups is 2. The number of hydrogen-bond donors (Lipinski definition) is 2. The first-order valence-electron chi connectivity index (χ1n) is 8.68. The zero-order chi connectivity index (χ0) is 19.7. The molecule has 0 fully saturated rings. The molecule has 6 nitrogen and oxygen atoms in total. The molecule has 7 heteroatoms. The molecule has 1 aromatic carbocycles. The van der Waals surface area contributed by atoms with Crippen molar-refractivity contribution in [3.63, 3.8) is 0 Å². The minimum absolute atomic E-state index is 0.0327. The molecule has 26 heavy (non-hydrogen) atoms. The van der Waals surface area contributed by atoms with Crippen molar-refractivity contribution in [3.8, 4) is 0 Å². The second kappa shape index (κ2) is 10.1. The number of nitrogens with one attached hydrogen (secondary N) is 1. The van der Waals surface area contributed by atoms with Gasteiger partial charge in [-0.1, -0.05) is 12.1 Å². The number of aliphatic hydroxyl groups excluding tert-OH is 1. The summed E-state index contributed by atoms with van der Waals surface area (Å²) in [6, 6.07) is 5.09. The second-order valence-corrected chi connectivity index (χ2v) is 6.99. The summed E-state index contributed by atoms with van der Waals surface area (Å²) in [7, 11) is 0. The maximum Gasteiger partial charge on any atom is 0.407 e. The highest BCUT2D eigenvalue weighted by Gasteiger charge is 2.25. The van der Waals surface area contributed by atoms with Crippen LogP contribution in [0, 0.1) is 5.82 Å². The van der Waals surface area contributed by atoms with Crippen LogP contribution >= 0.6 is 0 Å². The van der Waals surface area contributed by atoms with E-state index in [0.29, 0.717) is 0 Å². The Kier molecular flexibility index (Phi) is 8.51. The summed E-state index contributed by atoms with van der Waals surface area (Å²) in [6.45, 7) is 7.18. The predicted octanol–water partition coefficient (Wildman–Crippen LogP) is 2.97. The SMILES string of the molecule is CCOC(=O)CC[C@H](O)[C@H](Cc1ccc(F)cc1)NC(=O)OC(C)(C)C. The van der Waals surface area contributed by atoms with E-state index in [1.165, 1.54) is 12.1 Å². The van der Waals surface area contributed by atoms with Crippen LogP contribution in [0.15, 0.2) is 24.3 Å². The minimum Gasteiger partial charge on any atom is -0.466 e. The lowest BCUT2D eigenvalue weighted by atomic mass is 9.98. The molecule has 0 spiro atoms. The van der Waals surface area contributed by atoms with Gasteiger partial charge in [-0.3, -0.25) is 4.79 Å². The summed E-state index contributed by atoms with van der Waals surface area (Å²) in [5.41, 5.74) is 0.0584. The number of carbonyl (C=O) groups excluding carboxylic acids is 2. The van der Waals surface area contributed by atoms with Gasteiger partial charge in [-0.2, -0.15) is 0 Å². The molecule has 0 aromatic heterocycles. The summed E-state index contributed by atoms with van der Waals surface area (Å²) >= 11 is 0. The van der Waals surface area contributed by atoms with Crippen LogP contribution in [0.25, 0.3) is 0 Å². The monoisotopic (exact) mass is 369 g/mol. The van der Waals surface area contributed by atoms with Crippen LogP contribution in [0.5, 0.6) is 0 Å². The van der Waals surface area contributed by atoms with E-state index < -0.39 is 29.8 Å². The summed E-state index contributed by atoms with van der Waals surface area (Å²) in [5.74, 6) is -0.780. The number of ether oxygens (including phenoxy) is 2. The number of halogens is 1. The number of esters is 1. The molecule has 1 amide bonds. The zero-order valence-corrected chi connectivity index (χ0v) is 15.8. The Morgan fingerprint density at radius 2 is 1.85 bits per heavy atom. The van der Waals surface area contributed by atoms with Crippen molar-refractivity contribution in [2.75, 3.05) is 6.61 Å². The number of hydrogen-bond acceptors (Lipinski definition) is 5.